The summed E-state index contributed by atoms with van der Waals surface area (Å²) in [6, 6.07) is 23.8. The molecule has 3 aromatic rings. The molecule has 1 N–H and O–H groups in total. The first-order valence-electron chi connectivity index (χ1n) is 10.0. The van der Waals surface area contributed by atoms with E-state index in [-0.39, 0.29) is 0 Å². The smallest absolute Gasteiger partial charge is 0.0655 e. The molecule has 0 unspecified atom stereocenters. The lowest BCUT2D eigenvalue weighted by atomic mass is 9.84. The van der Waals surface area contributed by atoms with Crippen molar-refractivity contribution in [2.75, 3.05) is 5.32 Å². The molecule has 1 saturated carbocycles. The Morgan fingerprint density at radius 3 is 2.43 bits per heavy atom. The topological polar surface area (TPSA) is 12.0 Å². The third-order valence-electron chi connectivity index (χ3n) is 5.52. The Hall–Kier alpha value is -1.96. The van der Waals surface area contributed by atoms with Crippen LogP contribution in [0.15, 0.2) is 60.7 Å². The van der Waals surface area contributed by atoms with Crippen LogP contribution in [0.1, 0.15) is 37.7 Å². The van der Waals surface area contributed by atoms with Gasteiger partial charge in [0.1, 0.15) is 0 Å². The van der Waals surface area contributed by atoms with Crippen LogP contribution in [0.25, 0.3) is 11.1 Å². The van der Waals surface area contributed by atoms with Gasteiger partial charge in [0, 0.05) is 10.7 Å². The van der Waals surface area contributed by atoms with Gasteiger partial charge in [-0.1, -0.05) is 85.6 Å². The number of benzene rings is 3. The first-order chi connectivity index (χ1) is 13.7. The number of rotatable bonds is 5. The predicted molar refractivity (Wildman–Crippen MR) is 121 cm³/mol. The Morgan fingerprint density at radius 1 is 0.893 bits per heavy atom. The van der Waals surface area contributed by atoms with Crippen molar-refractivity contribution in [3.05, 3.63) is 82.3 Å². The van der Waals surface area contributed by atoms with Gasteiger partial charge in [-0.2, -0.15) is 0 Å². The number of hydrogen-bond donors (Lipinski definition) is 1. The van der Waals surface area contributed by atoms with E-state index in [4.69, 9.17) is 23.2 Å². The van der Waals surface area contributed by atoms with Crippen molar-refractivity contribution in [1.29, 1.82) is 0 Å². The van der Waals surface area contributed by atoms with E-state index >= 15 is 0 Å². The molecular formula is C25H24Cl2N. The normalized spacial score (nSPS) is 14.8. The van der Waals surface area contributed by atoms with Crippen molar-refractivity contribution >= 4 is 34.6 Å². The standard InChI is InChI=1S/C25H24Cl2N/c26-22-11-14-25(24(27)17-22)28-23-12-9-20(10-13-23)21-8-4-7-19(16-21)15-18-5-2-1-3-6-18/h4,7,9-14,16-18,28H,1-3,5-6,15H2. The highest BCUT2D eigenvalue weighted by atomic mass is 35.5. The van der Waals surface area contributed by atoms with Crippen molar-refractivity contribution in [3.63, 3.8) is 0 Å². The van der Waals surface area contributed by atoms with Crippen LogP contribution in [0.4, 0.5) is 11.4 Å². The molecule has 1 nitrogen and oxygen atoms in total. The van der Waals surface area contributed by atoms with Crippen LogP contribution in [0, 0.1) is 12.0 Å². The summed E-state index contributed by atoms with van der Waals surface area (Å²) in [5, 5.41) is 4.59. The summed E-state index contributed by atoms with van der Waals surface area (Å²) in [5.74, 6) is 0.847. The highest BCUT2D eigenvalue weighted by Crippen LogP contribution is 2.31. The molecule has 1 radical (unpaired) electrons. The van der Waals surface area contributed by atoms with Crippen LogP contribution in [0.2, 0.25) is 10.0 Å². The molecule has 0 saturated heterocycles. The van der Waals surface area contributed by atoms with E-state index in [1.807, 2.05) is 12.1 Å². The zero-order valence-electron chi connectivity index (χ0n) is 15.8. The summed E-state index contributed by atoms with van der Waals surface area (Å²) in [6.45, 7) is 0. The van der Waals surface area contributed by atoms with Crippen LogP contribution >= 0.6 is 23.2 Å². The van der Waals surface area contributed by atoms with E-state index < -0.39 is 0 Å². The number of hydrogen-bond acceptors (Lipinski definition) is 1. The number of nitrogens with one attached hydrogen (secondary N) is 1. The van der Waals surface area contributed by atoms with Gasteiger partial charge in [-0.3, -0.25) is 0 Å². The maximum absolute atomic E-state index is 6.25. The molecule has 1 aliphatic carbocycles. The van der Waals surface area contributed by atoms with E-state index in [2.05, 4.69) is 53.8 Å². The molecule has 1 fully saturated rings. The van der Waals surface area contributed by atoms with E-state index in [0.717, 1.165) is 22.9 Å². The summed E-state index contributed by atoms with van der Waals surface area (Å²) in [7, 11) is 0. The van der Waals surface area contributed by atoms with Gasteiger partial charge in [-0.05, 0) is 65.4 Å². The summed E-state index contributed by atoms with van der Waals surface area (Å²) in [5.41, 5.74) is 5.60. The third-order valence-corrected chi connectivity index (χ3v) is 6.07. The minimum absolute atomic E-state index is 0.611. The van der Waals surface area contributed by atoms with Gasteiger partial charge in [-0.15, -0.1) is 0 Å². The summed E-state index contributed by atoms with van der Waals surface area (Å²) in [6.07, 6.45) is 8.14. The van der Waals surface area contributed by atoms with E-state index in [1.165, 1.54) is 49.7 Å². The van der Waals surface area contributed by atoms with Crippen LogP contribution < -0.4 is 5.32 Å². The Labute approximate surface area is 177 Å². The average molecular weight is 409 g/mol. The average Bonchev–Trinajstić information content (AvgIpc) is 2.72. The minimum Gasteiger partial charge on any atom is -0.354 e. The van der Waals surface area contributed by atoms with Crippen LogP contribution in [0.3, 0.4) is 0 Å². The van der Waals surface area contributed by atoms with Gasteiger partial charge in [0.15, 0.2) is 0 Å². The van der Waals surface area contributed by atoms with E-state index in [1.54, 1.807) is 6.07 Å². The highest BCUT2D eigenvalue weighted by Gasteiger charge is 2.14. The first kappa shape index (κ1) is 19.4. The molecule has 1 aliphatic rings. The molecule has 0 bridgehead atoms. The summed E-state index contributed by atoms with van der Waals surface area (Å²) < 4.78 is 0. The fourth-order valence-electron chi connectivity index (χ4n) is 4.01. The van der Waals surface area contributed by atoms with E-state index in [0.29, 0.717) is 10.0 Å². The Balaban J connectivity index is 1.46. The van der Waals surface area contributed by atoms with Crippen LogP contribution in [-0.4, -0.2) is 0 Å². The van der Waals surface area contributed by atoms with Crippen molar-refractivity contribution < 1.29 is 0 Å². The lowest BCUT2D eigenvalue weighted by Crippen LogP contribution is -2.09. The molecule has 143 valence electrons. The molecule has 0 aromatic heterocycles. The second-order valence-corrected chi connectivity index (χ2v) is 8.49. The van der Waals surface area contributed by atoms with E-state index in [9.17, 15) is 0 Å². The Morgan fingerprint density at radius 2 is 1.68 bits per heavy atom. The predicted octanol–water partition coefficient (Wildman–Crippen LogP) is 8.33. The molecule has 3 heteroatoms. The van der Waals surface area contributed by atoms with Crippen molar-refractivity contribution in [2.45, 2.75) is 38.5 Å². The maximum atomic E-state index is 6.25. The first-order valence-corrected chi connectivity index (χ1v) is 10.8. The fraction of sp³-hybridized carbons (Fsp3) is 0.280. The summed E-state index contributed by atoms with van der Waals surface area (Å²) >= 11 is 12.2. The highest BCUT2D eigenvalue weighted by molar-refractivity contribution is 6.36. The molecule has 0 heterocycles. The molecule has 3 aromatic carbocycles. The molecule has 4 rings (SSSR count). The van der Waals surface area contributed by atoms with Gasteiger partial charge in [0.05, 0.1) is 10.7 Å². The SMILES string of the molecule is Clc1ccc(Nc2ccc(-c3[c]ccc(CC4CCCCC4)c3)cc2)c(Cl)c1. The number of anilines is 2. The van der Waals surface area contributed by atoms with Crippen LogP contribution in [0.5, 0.6) is 0 Å². The molecule has 0 spiro atoms. The molecular weight excluding hydrogens is 385 g/mol. The number of halogens is 2. The molecule has 0 aliphatic heterocycles. The largest absolute Gasteiger partial charge is 0.354 e. The van der Waals surface area contributed by atoms with Gasteiger partial charge in [-0.25, -0.2) is 0 Å². The van der Waals surface area contributed by atoms with Gasteiger partial charge < -0.3 is 5.32 Å². The zero-order chi connectivity index (χ0) is 19.3. The Bertz CT molecular complexity index is 928. The van der Waals surface area contributed by atoms with Crippen LogP contribution in [-0.2, 0) is 6.42 Å². The van der Waals surface area contributed by atoms with Crippen molar-refractivity contribution in [2.24, 2.45) is 5.92 Å². The van der Waals surface area contributed by atoms with Gasteiger partial charge >= 0.3 is 0 Å². The third kappa shape index (κ3) is 4.90. The lowest BCUT2D eigenvalue weighted by molar-refractivity contribution is 0.357. The second kappa shape index (κ2) is 9.03. The van der Waals surface area contributed by atoms with Crippen molar-refractivity contribution in [1.82, 2.24) is 0 Å². The van der Waals surface area contributed by atoms with Gasteiger partial charge in [0.25, 0.3) is 0 Å². The quantitative estimate of drug-likeness (QED) is 0.447. The lowest BCUT2D eigenvalue weighted by Gasteiger charge is -2.21. The minimum atomic E-state index is 0.611. The monoisotopic (exact) mass is 408 g/mol. The fourth-order valence-corrected chi connectivity index (χ4v) is 4.47. The zero-order valence-corrected chi connectivity index (χ0v) is 17.4. The van der Waals surface area contributed by atoms with Gasteiger partial charge in [0.2, 0.25) is 0 Å². The maximum Gasteiger partial charge on any atom is 0.0655 e. The molecule has 0 amide bonds. The second-order valence-electron chi connectivity index (χ2n) is 7.65. The molecule has 0 atom stereocenters. The molecule has 28 heavy (non-hydrogen) atoms. The summed E-state index contributed by atoms with van der Waals surface area (Å²) in [4.78, 5) is 0. The Kier molecular flexibility index (Phi) is 6.24. The van der Waals surface area contributed by atoms with Crippen molar-refractivity contribution in [3.8, 4) is 11.1 Å².